The third kappa shape index (κ3) is 3.61. The molecule has 5 heteroatoms. The molecule has 0 aromatic heterocycles. The highest BCUT2D eigenvalue weighted by molar-refractivity contribution is 5.79. The maximum Gasteiger partial charge on any atom is 0.237 e. The molecule has 1 fully saturated rings. The van der Waals surface area contributed by atoms with Gasteiger partial charge in [0, 0.05) is 13.0 Å². The molecular formula is C19H27N3O2. The van der Waals surface area contributed by atoms with Crippen molar-refractivity contribution in [1.82, 2.24) is 9.80 Å². The van der Waals surface area contributed by atoms with E-state index in [1.807, 2.05) is 11.9 Å². The Labute approximate surface area is 143 Å². The average Bonchev–Trinajstić information content (AvgIpc) is 2.61. The molecule has 1 aromatic carbocycles. The zero-order valence-electron chi connectivity index (χ0n) is 14.4. The number of carbonyl (C=O) groups is 2. The number of aryl methyl sites for hydroxylation is 1. The number of rotatable bonds is 4. The molecule has 2 N–H and O–H groups in total. The number of fused-ring (bicyclic) bond motifs is 1. The Morgan fingerprint density at radius 3 is 2.62 bits per heavy atom. The summed E-state index contributed by atoms with van der Waals surface area (Å²) >= 11 is 0. The maximum atomic E-state index is 12.7. The van der Waals surface area contributed by atoms with Gasteiger partial charge >= 0.3 is 0 Å². The molecule has 3 rings (SSSR count). The van der Waals surface area contributed by atoms with Crippen molar-refractivity contribution in [3.8, 4) is 0 Å². The lowest BCUT2D eigenvalue weighted by atomic mass is 9.87. The molecule has 2 aliphatic rings. The predicted octanol–water partition coefficient (Wildman–Crippen LogP) is 1.72. The molecule has 1 heterocycles. The number of hydrogen-bond acceptors (Lipinski definition) is 3. The van der Waals surface area contributed by atoms with Crippen molar-refractivity contribution in [3.05, 3.63) is 35.4 Å². The van der Waals surface area contributed by atoms with Crippen LogP contribution < -0.4 is 5.73 Å². The van der Waals surface area contributed by atoms with Crippen molar-refractivity contribution < 1.29 is 9.59 Å². The lowest BCUT2D eigenvalue weighted by Crippen LogP contribution is -2.45. The molecule has 1 saturated heterocycles. The van der Waals surface area contributed by atoms with Crippen LogP contribution in [0.3, 0.4) is 0 Å². The highest BCUT2D eigenvalue weighted by atomic mass is 16.2. The summed E-state index contributed by atoms with van der Waals surface area (Å²) in [5.74, 6) is -0.0783. The SMILES string of the molecule is CN(C(=O)CN1CCC(C(N)=O)CC1)C1CCCc2ccccc21. The van der Waals surface area contributed by atoms with Gasteiger partial charge in [-0.05, 0) is 56.3 Å². The zero-order chi connectivity index (χ0) is 17.1. The van der Waals surface area contributed by atoms with E-state index in [0.29, 0.717) is 6.54 Å². The summed E-state index contributed by atoms with van der Waals surface area (Å²) in [5.41, 5.74) is 8.04. The maximum absolute atomic E-state index is 12.7. The molecule has 1 unspecified atom stereocenters. The van der Waals surface area contributed by atoms with Crippen LogP contribution in [0.25, 0.3) is 0 Å². The minimum Gasteiger partial charge on any atom is -0.369 e. The minimum atomic E-state index is -0.211. The van der Waals surface area contributed by atoms with Crippen molar-refractivity contribution in [3.63, 3.8) is 0 Å². The normalized spacial score (nSPS) is 22.0. The van der Waals surface area contributed by atoms with E-state index in [9.17, 15) is 9.59 Å². The van der Waals surface area contributed by atoms with Crippen LogP contribution in [0.15, 0.2) is 24.3 Å². The summed E-state index contributed by atoms with van der Waals surface area (Å²) in [5, 5.41) is 0. The second kappa shape index (κ2) is 7.34. The Kier molecular flexibility index (Phi) is 5.19. The number of likely N-dealkylation sites (tertiary alicyclic amines) is 1. The standard InChI is InChI=1S/C19H27N3O2/c1-21(17-8-4-6-14-5-2-3-7-16(14)17)18(23)13-22-11-9-15(10-12-22)19(20)24/h2-3,5,7,15,17H,4,6,8-13H2,1H3,(H2,20,24). The summed E-state index contributed by atoms with van der Waals surface area (Å²) in [7, 11) is 1.92. The summed E-state index contributed by atoms with van der Waals surface area (Å²) < 4.78 is 0. The Hall–Kier alpha value is -1.88. The lowest BCUT2D eigenvalue weighted by Gasteiger charge is -2.36. The molecule has 2 amide bonds. The molecule has 1 aliphatic heterocycles. The van der Waals surface area contributed by atoms with E-state index in [-0.39, 0.29) is 23.8 Å². The molecule has 5 nitrogen and oxygen atoms in total. The van der Waals surface area contributed by atoms with Gasteiger partial charge in [-0.3, -0.25) is 14.5 Å². The zero-order valence-corrected chi connectivity index (χ0v) is 14.4. The number of nitrogens with two attached hydrogens (primary N) is 1. The topological polar surface area (TPSA) is 66.6 Å². The summed E-state index contributed by atoms with van der Waals surface area (Å²) in [6, 6.07) is 8.65. The second-order valence-electron chi connectivity index (χ2n) is 7.06. The largest absolute Gasteiger partial charge is 0.369 e. The van der Waals surface area contributed by atoms with Gasteiger partial charge in [0.15, 0.2) is 0 Å². The summed E-state index contributed by atoms with van der Waals surface area (Å²) in [4.78, 5) is 28.0. The number of amides is 2. The number of nitrogens with zero attached hydrogens (tertiary/aromatic N) is 2. The van der Waals surface area contributed by atoms with Crippen LogP contribution in [-0.2, 0) is 16.0 Å². The van der Waals surface area contributed by atoms with Crippen LogP contribution in [0, 0.1) is 5.92 Å². The van der Waals surface area contributed by atoms with Crippen LogP contribution in [-0.4, -0.2) is 48.3 Å². The first-order valence-corrected chi connectivity index (χ1v) is 8.91. The minimum absolute atomic E-state index is 0.0284. The van der Waals surface area contributed by atoms with Crippen molar-refractivity contribution in [1.29, 1.82) is 0 Å². The van der Waals surface area contributed by atoms with E-state index in [4.69, 9.17) is 5.73 Å². The fraction of sp³-hybridized carbons (Fsp3) is 0.579. The van der Waals surface area contributed by atoms with Gasteiger partial charge in [-0.15, -0.1) is 0 Å². The van der Waals surface area contributed by atoms with E-state index in [0.717, 1.165) is 45.2 Å². The van der Waals surface area contributed by atoms with E-state index in [1.54, 1.807) is 0 Å². The van der Waals surface area contributed by atoms with Crippen molar-refractivity contribution in [2.45, 2.75) is 38.1 Å². The Balaban J connectivity index is 1.59. The summed E-state index contributed by atoms with van der Waals surface area (Å²) in [6.07, 6.45) is 4.79. The van der Waals surface area contributed by atoms with Gasteiger partial charge in [0.05, 0.1) is 12.6 Å². The van der Waals surface area contributed by atoms with Crippen molar-refractivity contribution >= 4 is 11.8 Å². The fourth-order valence-electron chi connectivity index (χ4n) is 3.98. The molecule has 0 spiro atoms. The third-order valence-corrected chi connectivity index (χ3v) is 5.55. The van der Waals surface area contributed by atoms with E-state index in [2.05, 4.69) is 29.2 Å². The summed E-state index contributed by atoms with van der Waals surface area (Å²) in [6.45, 7) is 1.98. The van der Waals surface area contributed by atoms with Gasteiger partial charge in [0.2, 0.25) is 11.8 Å². The van der Waals surface area contributed by atoms with Gasteiger partial charge in [-0.1, -0.05) is 24.3 Å². The molecule has 0 bridgehead atoms. The molecule has 130 valence electrons. The van der Waals surface area contributed by atoms with E-state index < -0.39 is 0 Å². The monoisotopic (exact) mass is 329 g/mol. The molecular weight excluding hydrogens is 302 g/mol. The number of primary amides is 1. The van der Waals surface area contributed by atoms with Crippen molar-refractivity contribution in [2.24, 2.45) is 11.7 Å². The van der Waals surface area contributed by atoms with Gasteiger partial charge in [-0.25, -0.2) is 0 Å². The lowest BCUT2D eigenvalue weighted by molar-refractivity contribution is -0.134. The van der Waals surface area contributed by atoms with Gasteiger partial charge < -0.3 is 10.6 Å². The Morgan fingerprint density at radius 2 is 1.92 bits per heavy atom. The first-order chi connectivity index (χ1) is 11.6. The van der Waals surface area contributed by atoms with E-state index >= 15 is 0 Å². The number of hydrogen-bond donors (Lipinski definition) is 1. The highest BCUT2D eigenvalue weighted by Gasteiger charge is 2.29. The molecule has 1 aromatic rings. The predicted molar refractivity (Wildman–Crippen MR) is 93.2 cm³/mol. The smallest absolute Gasteiger partial charge is 0.237 e. The van der Waals surface area contributed by atoms with Crippen LogP contribution in [0.5, 0.6) is 0 Å². The van der Waals surface area contributed by atoms with Gasteiger partial charge in [0.25, 0.3) is 0 Å². The van der Waals surface area contributed by atoms with Gasteiger partial charge in [0.1, 0.15) is 0 Å². The number of piperidine rings is 1. The molecule has 1 aliphatic carbocycles. The van der Waals surface area contributed by atoms with Crippen LogP contribution in [0.1, 0.15) is 42.9 Å². The quantitative estimate of drug-likeness (QED) is 0.914. The molecule has 1 atom stereocenters. The van der Waals surface area contributed by atoms with Gasteiger partial charge in [-0.2, -0.15) is 0 Å². The fourth-order valence-corrected chi connectivity index (χ4v) is 3.98. The molecule has 0 saturated carbocycles. The number of carbonyl (C=O) groups excluding carboxylic acids is 2. The molecule has 24 heavy (non-hydrogen) atoms. The number of benzene rings is 1. The average molecular weight is 329 g/mol. The first kappa shape index (κ1) is 17.0. The van der Waals surface area contributed by atoms with Crippen LogP contribution >= 0.6 is 0 Å². The second-order valence-corrected chi connectivity index (χ2v) is 7.06. The first-order valence-electron chi connectivity index (χ1n) is 8.91. The Morgan fingerprint density at radius 1 is 1.21 bits per heavy atom. The molecule has 0 radical (unpaired) electrons. The van der Waals surface area contributed by atoms with Crippen molar-refractivity contribution in [2.75, 3.05) is 26.7 Å². The van der Waals surface area contributed by atoms with Crippen LogP contribution in [0.2, 0.25) is 0 Å². The van der Waals surface area contributed by atoms with Crippen LogP contribution in [0.4, 0.5) is 0 Å². The Bertz CT molecular complexity index is 608. The number of likely N-dealkylation sites (N-methyl/N-ethyl adjacent to an activating group) is 1. The van der Waals surface area contributed by atoms with E-state index in [1.165, 1.54) is 11.1 Å². The third-order valence-electron chi connectivity index (χ3n) is 5.55. The highest BCUT2D eigenvalue weighted by Crippen LogP contribution is 2.33.